The van der Waals surface area contributed by atoms with Crippen LogP contribution >= 0.6 is 0 Å². The van der Waals surface area contributed by atoms with Gasteiger partial charge in [-0.05, 0) is 38.6 Å². The van der Waals surface area contributed by atoms with Crippen LogP contribution in [0.25, 0.3) is 0 Å². The topological polar surface area (TPSA) is 36.4 Å². The van der Waals surface area contributed by atoms with E-state index in [2.05, 4.69) is 16.9 Å². The average Bonchev–Trinajstić information content (AvgIpc) is 2.75. The summed E-state index contributed by atoms with van der Waals surface area (Å²) in [6, 6.07) is 3.11. The predicted molar refractivity (Wildman–Crippen MR) is 66.8 cm³/mol. The second-order valence-corrected chi connectivity index (χ2v) is 4.83. The fourth-order valence-corrected chi connectivity index (χ4v) is 2.33. The summed E-state index contributed by atoms with van der Waals surface area (Å²) in [6.45, 7) is 1.79. The summed E-state index contributed by atoms with van der Waals surface area (Å²) in [5, 5.41) is 0. The highest BCUT2D eigenvalue weighted by atomic mass is 19.1. The Morgan fingerprint density at radius 3 is 2.94 bits per heavy atom. The molecule has 18 heavy (non-hydrogen) atoms. The van der Waals surface area contributed by atoms with Crippen LogP contribution in [0.4, 0.5) is 4.39 Å². The molecule has 0 saturated carbocycles. The molecule has 0 bridgehead atoms. The summed E-state index contributed by atoms with van der Waals surface area (Å²) in [7, 11) is 3.85. The van der Waals surface area contributed by atoms with Crippen molar-refractivity contribution in [3.8, 4) is 0 Å². The maximum absolute atomic E-state index is 12.7. The van der Waals surface area contributed by atoms with Crippen LogP contribution in [0.3, 0.4) is 0 Å². The lowest BCUT2D eigenvalue weighted by Crippen LogP contribution is -2.39. The van der Waals surface area contributed by atoms with E-state index >= 15 is 0 Å². The minimum Gasteiger partial charge on any atom is -0.340 e. The third-order valence-corrected chi connectivity index (χ3v) is 3.48. The number of likely N-dealkylation sites (tertiary alicyclic amines) is 1. The van der Waals surface area contributed by atoms with Gasteiger partial charge in [-0.2, -0.15) is 4.39 Å². The number of pyridine rings is 1. The smallest absolute Gasteiger partial charge is 0.255 e. The lowest BCUT2D eigenvalue weighted by molar-refractivity contribution is 0.0761. The van der Waals surface area contributed by atoms with Gasteiger partial charge in [0, 0.05) is 25.8 Å². The number of hydrogen-bond donors (Lipinski definition) is 0. The SMILES string of the molecule is CN(CC1CCCN1C)C(=O)c1ccc(F)nc1. The average molecular weight is 251 g/mol. The van der Waals surface area contributed by atoms with Crippen LogP contribution < -0.4 is 0 Å². The minimum absolute atomic E-state index is 0.109. The van der Waals surface area contributed by atoms with Crippen LogP contribution in [0, 0.1) is 5.95 Å². The number of likely N-dealkylation sites (N-methyl/N-ethyl adjacent to an activating group) is 2. The number of nitrogens with zero attached hydrogens (tertiary/aromatic N) is 3. The molecule has 4 nitrogen and oxygen atoms in total. The molecule has 2 heterocycles. The molecule has 1 aliphatic rings. The number of carbonyl (C=O) groups is 1. The van der Waals surface area contributed by atoms with Crippen LogP contribution in [-0.2, 0) is 0 Å². The minimum atomic E-state index is -0.565. The van der Waals surface area contributed by atoms with Gasteiger partial charge in [0.2, 0.25) is 5.95 Å². The van der Waals surface area contributed by atoms with E-state index in [1.54, 1.807) is 11.9 Å². The number of rotatable bonds is 3. The van der Waals surface area contributed by atoms with E-state index in [1.165, 1.54) is 24.8 Å². The monoisotopic (exact) mass is 251 g/mol. The van der Waals surface area contributed by atoms with E-state index in [0.29, 0.717) is 18.2 Å². The van der Waals surface area contributed by atoms with Crippen molar-refractivity contribution in [3.63, 3.8) is 0 Å². The van der Waals surface area contributed by atoms with Crippen molar-refractivity contribution < 1.29 is 9.18 Å². The first-order valence-electron chi connectivity index (χ1n) is 6.15. The van der Waals surface area contributed by atoms with Crippen LogP contribution in [0.15, 0.2) is 18.3 Å². The number of hydrogen-bond acceptors (Lipinski definition) is 3. The van der Waals surface area contributed by atoms with Crippen molar-refractivity contribution in [2.75, 3.05) is 27.2 Å². The van der Waals surface area contributed by atoms with E-state index in [1.807, 2.05) is 0 Å². The molecular weight excluding hydrogens is 233 g/mol. The highest BCUT2D eigenvalue weighted by Gasteiger charge is 2.24. The van der Waals surface area contributed by atoms with Gasteiger partial charge in [-0.1, -0.05) is 0 Å². The normalized spacial score (nSPS) is 20.1. The zero-order valence-corrected chi connectivity index (χ0v) is 10.8. The van der Waals surface area contributed by atoms with Crippen molar-refractivity contribution in [1.82, 2.24) is 14.8 Å². The van der Waals surface area contributed by atoms with Crippen LogP contribution in [0.1, 0.15) is 23.2 Å². The Morgan fingerprint density at radius 2 is 2.39 bits per heavy atom. The fourth-order valence-electron chi connectivity index (χ4n) is 2.33. The van der Waals surface area contributed by atoms with Crippen molar-refractivity contribution in [1.29, 1.82) is 0 Å². The standard InChI is InChI=1S/C13H18FN3O/c1-16-7-3-4-11(16)9-17(2)13(18)10-5-6-12(14)15-8-10/h5-6,8,11H,3-4,7,9H2,1-2H3. The highest BCUT2D eigenvalue weighted by molar-refractivity contribution is 5.93. The Labute approximate surface area is 106 Å². The molecule has 5 heteroatoms. The van der Waals surface area contributed by atoms with Gasteiger partial charge in [0.05, 0.1) is 5.56 Å². The molecule has 0 aliphatic carbocycles. The van der Waals surface area contributed by atoms with Gasteiger partial charge in [0.25, 0.3) is 5.91 Å². The maximum Gasteiger partial charge on any atom is 0.255 e. The molecule has 0 spiro atoms. The molecule has 1 saturated heterocycles. The molecule has 1 aromatic rings. The lowest BCUT2D eigenvalue weighted by Gasteiger charge is -2.25. The number of amides is 1. The predicted octanol–water partition coefficient (Wildman–Crippen LogP) is 1.39. The Hall–Kier alpha value is -1.49. The summed E-state index contributed by atoms with van der Waals surface area (Å²) in [6.07, 6.45) is 3.59. The summed E-state index contributed by atoms with van der Waals surface area (Å²) < 4.78 is 12.7. The number of aromatic nitrogens is 1. The van der Waals surface area contributed by atoms with Crippen LogP contribution in [-0.4, -0.2) is 53.9 Å². The van der Waals surface area contributed by atoms with Crippen LogP contribution in [0.5, 0.6) is 0 Å². The Bertz CT molecular complexity index is 421. The van der Waals surface area contributed by atoms with Crippen molar-refractivity contribution in [2.45, 2.75) is 18.9 Å². The molecule has 1 unspecified atom stereocenters. The Morgan fingerprint density at radius 1 is 1.61 bits per heavy atom. The Balaban J connectivity index is 1.98. The molecule has 0 radical (unpaired) electrons. The summed E-state index contributed by atoms with van der Waals surface area (Å²) >= 11 is 0. The molecule has 1 atom stereocenters. The molecule has 0 N–H and O–H groups in total. The van der Waals surface area contributed by atoms with Gasteiger partial charge in [0.1, 0.15) is 0 Å². The van der Waals surface area contributed by atoms with Gasteiger partial charge in [0.15, 0.2) is 0 Å². The van der Waals surface area contributed by atoms with E-state index in [9.17, 15) is 9.18 Å². The van der Waals surface area contributed by atoms with E-state index in [4.69, 9.17) is 0 Å². The zero-order chi connectivity index (χ0) is 13.1. The van der Waals surface area contributed by atoms with Gasteiger partial charge < -0.3 is 9.80 Å². The summed E-state index contributed by atoms with van der Waals surface area (Å²) in [4.78, 5) is 19.6. The van der Waals surface area contributed by atoms with E-state index in [-0.39, 0.29) is 5.91 Å². The molecule has 1 amide bonds. The largest absolute Gasteiger partial charge is 0.340 e. The van der Waals surface area contributed by atoms with Crippen LogP contribution in [0.2, 0.25) is 0 Å². The quantitative estimate of drug-likeness (QED) is 0.762. The molecule has 1 aromatic heterocycles. The molecule has 2 rings (SSSR count). The van der Waals surface area contributed by atoms with Gasteiger partial charge in [-0.15, -0.1) is 0 Å². The second-order valence-electron chi connectivity index (χ2n) is 4.83. The number of carbonyl (C=O) groups excluding carboxylic acids is 1. The van der Waals surface area contributed by atoms with Gasteiger partial charge in [-0.25, -0.2) is 4.98 Å². The van der Waals surface area contributed by atoms with Gasteiger partial charge in [-0.3, -0.25) is 4.79 Å². The summed E-state index contributed by atoms with van der Waals surface area (Å²) in [5.74, 6) is -0.674. The van der Waals surface area contributed by atoms with Crippen molar-refractivity contribution in [2.24, 2.45) is 0 Å². The molecule has 1 fully saturated rings. The molecular formula is C13H18FN3O. The third-order valence-electron chi connectivity index (χ3n) is 3.48. The summed E-state index contributed by atoms with van der Waals surface area (Å²) in [5.41, 5.74) is 0.430. The molecule has 0 aromatic carbocycles. The van der Waals surface area contributed by atoms with Crippen molar-refractivity contribution in [3.05, 3.63) is 29.8 Å². The Kier molecular flexibility index (Phi) is 3.91. The highest BCUT2D eigenvalue weighted by Crippen LogP contribution is 2.16. The fraction of sp³-hybridized carbons (Fsp3) is 0.538. The lowest BCUT2D eigenvalue weighted by atomic mass is 10.2. The maximum atomic E-state index is 12.7. The third kappa shape index (κ3) is 2.85. The number of halogens is 1. The first-order chi connectivity index (χ1) is 8.58. The molecule has 1 aliphatic heterocycles. The first kappa shape index (κ1) is 13.0. The zero-order valence-electron chi connectivity index (χ0n) is 10.8. The van der Waals surface area contributed by atoms with Gasteiger partial charge >= 0.3 is 0 Å². The first-order valence-corrected chi connectivity index (χ1v) is 6.15. The second kappa shape index (κ2) is 5.44. The van der Waals surface area contributed by atoms with Crippen molar-refractivity contribution >= 4 is 5.91 Å². The molecule has 98 valence electrons. The van der Waals surface area contributed by atoms with E-state index < -0.39 is 5.95 Å². The van der Waals surface area contributed by atoms with E-state index in [0.717, 1.165) is 13.0 Å².